The zero-order chi connectivity index (χ0) is 14.1. The zero-order valence-electron chi connectivity index (χ0n) is 11.6. The van der Waals surface area contributed by atoms with Crippen LogP contribution < -0.4 is 0 Å². The highest BCUT2D eigenvalue weighted by molar-refractivity contribution is 5.66. The Morgan fingerprint density at radius 1 is 1.47 bits per heavy atom. The predicted octanol–water partition coefficient (Wildman–Crippen LogP) is 4.05. The number of esters is 1. The molecule has 0 aromatic carbocycles. The first kappa shape index (κ1) is 15.0. The van der Waals surface area contributed by atoms with Gasteiger partial charge in [-0.25, -0.2) is 0 Å². The summed E-state index contributed by atoms with van der Waals surface area (Å²) in [5.74, 6) is -0.249. The third kappa shape index (κ3) is 5.38. The Balaban J connectivity index is 2.83. The van der Waals surface area contributed by atoms with E-state index >= 15 is 0 Å². The van der Waals surface area contributed by atoms with Gasteiger partial charge in [-0.1, -0.05) is 55.2 Å². The minimum Gasteiger partial charge on any atom is -0.461 e. The van der Waals surface area contributed by atoms with E-state index in [1.807, 2.05) is 31.2 Å². The van der Waals surface area contributed by atoms with E-state index in [0.717, 1.165) is 23.1 Å². The Kier molecular flexibility index (Phi) is 6.37. The van der Waals surface area contributed by atoms with E-state index < -0.39 is 0 Å². The number of hydrogen-bond acceptors (Lipinski definition) is 2. The van der Waals surface area contributed by atoms with Gasteiger partial charge >= 0.3 is 5.97 Å². The van der Waals surface area contributed by atoms with Crippen LogP contribution in [0, 0.1) is 0 Å². The van der Waals surface area contributed by atoms with Gasteiger partial charge in [0.05, 0.1) is 0 Å². The molecule has 0 aromatic rings. The first-order chi connectivity index (χ1) is 9.17. The molecule has 0 radical (unpaired) electrons. The molecule has 0 amide bonds. The van der Waals surface area contributed by atoms with E-state index in [9.17, 15) is 4.79 Å². The van der Waals surface area contributed by atoms with Crippen molar-refractivity contribution in [3.05, 3.63) is 71.9 Å². The number of ether oxygens (including phenoxy) is 1. The van der Waals surface area contributed by atoms with Crippen LogP contribution in [0.1, 0.15) is 20.3 Å². The SMILES string of the molecule is C=C/C=C\C(=C/C)C1=CC=C(COC(C)=O)CC=C1. The van der Waals surface area contributed by atoms with Crippen LogP contribution in [0.3, 0.4) is 0 Å². The minimum absolute atomic E-state index is 0.249. The molecule has 0 aliphatic heterocycles. The number of carbonyl (C=O) groups is 1. The summed E-state index contributed by atoms with van der Waals surface area (Å²) in [7, 11) is 0. The van der Waals surface area contributed by atoms with Crippen molar-refractivity contribution in [3.63, 3.8) is 0 Å². The molecule has 2 nitrogen and oxygen atoms in total. The van der Waals surface area contributed by atoms with Crippen LogP contribution in [-0.2, 0) is 9.53 Å². The lowest BCUT2D eigenvalue weighted by Gasteiger charge is -2.03. The maximum atomic E-state index is 10.8. The summed E-state index contributed by atoms with van der Waals surface area (Å²) in [5, 5.41) is 0. The summed E-state index contributed by atoms with van der Waals surface area (Å²) >= 11 is 0. The van der Waals surface area contributed by atoms with Crippen LogP contribution in [-0.4, -0.2) is 12.6 Å². The first-order valence-corrected chi connectivity index (χ1v) is 6.32. The molecule has 1 aliphatic rings. The van der Waals surface area contributed by atoms with Crippen LogP contribution in [0.15, 0.2) is 71.9 Å². The molecular formula is C17H20O2. The van der Waals surface area contributed by atoms with E-state index in [2.05, 4.69) is 24.8 Å². The molecule has 0 saturated carbocycles. The highest BCUT2D eigenvalue weighted by Crippen LogP contribution is 2.19. The molecule has 0 bridgehead atoms. The lowest BCUT2D eigenvalue weighted by molar-refractivity contribution is -0.140. The van der Waals surface area contributed by atoms with E-state index in [4.69, 9.17) is 4.74 Å². The minimum atomic E-state index is -0.249. The summed E-state index contributed by atoms with van der Waals surface area (Å²) in [5.41, 5.74) is 3.36. The quantitative estimate of drug-likeness (QED) is 0.548. The second kappa shape index (κ2) is 8.09. The molecule has 1 aliphatic carbocycles. The van der Waals surface area contributed by atoms with Crippen LogP contribution in [0.4, 0.5) is 0 Å². The molecule has 1 rings (SSSR count). The molecule has 0 N–H and O–H groups in total. The highest BCUT2D eigenvalue weighted by Gasteiger charge is 2.03. The van der Waals surface area contributed by atoms with Crippen LogP contribution in [0.5, 0.6) is 0 Å². The molecule has 0 spiro atoms. The largest absolute Gasteiger partial charge is 0.461 e. The monoisotopic (exact) mass is 256 g/mol. The number of allylic oxidation sites excluding steroid dienone is 10. The van der Waals surface area contributed by atoms with Crippen LogP contribution >= 0.6 is 0 Å². The fourth-order valence-electron chi connectivity index (χ4n) is 1.69. The molecule has 0 fully saturated rings. The van der Waals surface area contributed by atoms with E-state index in [-0.39, 0.29) is 5.97 Å². The van der Waals surface area contributed by atoms with Gasteiger partial charge in [0.1, 0.15) is 6.61 Å². The van der Waals surface area contributed by atoms with Gasteiger partial charge in [0.15, 0.2) is 0 Å². The molecule has 0 atom stereocenters. The summed E-state index contributed by atoms with van der Waals surface area (Å²) < 4.78 is 5.01. The Bertz CT molecular complexity index is 485. The van der Waals surface area contributed by atoms with Crippen LogP contribution in [0.25, 0.3) is 0 Å². The summed E-state index contributed by atoms with van der Waals surface area (Å²) in [6.45, 7) is 7.46. The maximum absolute atomic E-state index is 10.8. The molecule has 0 saturated heterocycles. The summed E-state index contributed by atoms with van der Waals surface area (Å²) in [6, 6.07) is 0. The Morgan fingerprint density at radius 2 is 2.26 bits per heavy atom. The molecule has 0 aromatic heterocycles. The third-order valence-electron chi connectivity index (χ3n) is 2.69. The second-order valence-corrected chi connectivity index (χ2v) is 4.17. The van der Waals surface area contributed by atoms with Crippen molar-refractivity contribution < 1.29 is 9.53 Å². The van der Waals surface area contributed by atoms with Crippen molar-refractivity contribution >= 4 is 5.97 Å². The summed E-state index contributed by atoms with van der Waals surface area (Å²) in [6.07, 6.45) is 16.8. The van der Waals surface area contributed by atoms with Gasteiger partial charge in [-0.05, 0) is 30.1 Å². The second-order valence-electron chi connectivity index (χ2n) is 4.17. The van der Waals surface area contributed by atoms with E-state index in [0.29, 0.717) is 6.61 Å². The number of rotatable bonds is 5. The zero-order valence-corrected chi connectivity index (χ0v) is 11.6. The van der Waals surface area contributed by atoms with Gasteiger partial charge in [-0.15, -0.1) is 0 Å². The first-order valence-electron chi connectivity index (χ1n) is 6.32. The van der Waals surface area contributed by atoms with Crippen molar-refractivity contribution in [3.8, 4) is 0 Å². The van der Waals surface area contributed by atoms with Gasteiger partial charge in [0, 0.05) is 6.92 Å². The van der Waals surface area contributed by atoms with Crippen molar-refractivity contribution in [1.29, 1.82) is 0 Å². The fourth-order valence-corrected chi connectivity index (χ4v) is 1.69. The van der Waals surface area contributed by atoms with Gasteiger partial charge in [-0.3, -0.25) is 4.79 Å². The van der Waals surface area contributed by atoms with Crippen molar-refractivity contribution in [2.45, 2.75) is 20.3 Å². The standard InChI is InChI=1S/C17H20O2/c1-4-6-9-16(5-2)17-10-7-8-15(11-12-17)13-19-14(3)18/h4-7,9-12H,1,8,13H2,2-3H3/b9-6-,16-5+. The normalized spacial score (nSPS) is 15.8. The lowest BCUT2D eigenvalue weighted by atomic mass is 10.0. The van der Waals surface area contributed by atoms with Crippen molar-refractivity contribution in [2.24, 2.45) is 0 Å². The Morgan fingerprint density at radius 3 is 2.89 bits per heavy atom. The molecule has 0 unspecified atom stereocenters. The van der Waals surface area contributed by atoms with E-state index in [1.54, 1.807) is 6.08 Å². The van der Waals surface area contributed by atoms with Crippen LogP contribution in [0.2, 0.25) is 0 Å². The average molecular weight is 256 g/mol. The topological polar surface area (TPSA) is 26.3 Å². The summed E-state index contributed by atoms with van der Waals surface area (Å²) in [4.78, 5) is 10.8. The van der Waals surface area contributed by atoms with Crippen molar-refractivity contribution in [2.75, 3.05) is 6.61 Å². The lowest BCUT2D eigenvalue weighted by Crippen LogP contribution is -2.02. The maximum Gasteiger partial charge on any atom is 0.302 e. The Labute approximate surface area is 115 Å². The number of carbonyl (C=O) groups excluding carboxylic acids is 1. The van der Waals surface area contributed by atoms with Gasteiger partial charge < -0.3 is 4.74 Å². The van der Waals surface area contributed by atoms with Gasteiger partial charge in [0.2, 0.25) is 0 Å². The molecule has 100 valence electrons. The molecule has 2 heteroatoms. The third-order valence-corrected chi connectivity index (χ3v) is 2.69. The predicted molar refractivity (Wildman–Crippen MR) is 79.7 cm³/mol. The number of hydrogen-bond donors (Lipinski definition) is 0. The fraction of sp³-hybridized carbons (Fsp3) is 0.235. The smallest absolute Gasteiger partial charge is 0.302 e. The van der Waals surface area contributed by atoms with Gasteiger partial charge in [0.25, 0.3) is 0 Å². The van der Waals surface area contributed by atoms with Gasteiger partial charge in [-0.2, -0.15) is 0 Å². The molecule has 0 heterocycles. The average Bonchev–Trinajstić information content (AvgIpc) is 2.63. The Hall–Kier alpha value is -2.09. The molecule has 19 heavy (non-hydrogen) atoms. The molecular weight excluding hydrogens is 236 g/mol. The highest BCUT2D eigenvalue weighted by atomic mass is 16.5. The van der Waals surface area contributed by atoms with Crippen molar-refractivity contribution in [1.82, 2.24) is 0 Å². The van der Waals surface area contributed by atoms with E-state index in [1.165, 1.54) is 6.92 Å².